The largest absolute Gasteiger partial charge is 0.416 e. The van der Waals surface area contributed by atoms with Crippen molar-refractivity contribution in [1.82, 2.24) is 0 Å². The first-order valence-electron chi connectivity index (χ1n) is 6.08. The van der Waals surface area contributed by atoms with E-state index in [-0.39, 0.29) is 11.6 Å². The molecule has 3 nitrogen and oxygen atoms in total. The third-order valence-electron chi connectivity index (χ3n) is 3.20. The Labute approximate surface area is 122 Å². The lowest BCUT2D eigenvalue weighted by Crippen LogP contribution is -2.31. The van der Waals surface area contributed by atoms with E-state index in [4.69, 9.17) is 4.74 Å². The molecule has 0 spiro atoms. The fraction of sp³-hybridized carbons (Fsp3) is 0.462. The summed E-state index contributed by atoms with van der Waals surface area (Å²) in [5.41, 5.74) is -0.719. The Kier molecular flexibility index (Phi) is 4.39. The number of carbonyl (C=O) groups is 1. The predicted molar refractivity (Wildman–Crippen MR) is 71.3 cm³/mol. The minimum Gasteiger partial charge on any atom is -0.368 e. The molecule has 0 bridgehead atoms. The lowest BCUT2D eigenvalue weighted by Gasteiger charge is -2.16. The zero-order chi connectivity index (χ0) is 14.9. The highest BCUT2D eigenvalue weighted by Gasteiger charge is 2.33. The van der Waals surface area contributed by atoms with Gasteiger partial charge in [-0.25, -0.2) is 0 Å². The zero-order valence-electron chi connectivity index (χ0n) is 10.6. The van der Waals surface area contributed by atoms with Crippen molar-refractivity contribution in [2.75, 3.05) is 11.9 Å². The maximum Gasteiger partial charge on any atom is 0.416 e. The van der Waals surface area contributed by atoms with Crippen LogP contribution in [0.15, 0.2) is 22.7 Å². The van der Waals surface area contributed by atoms with Crippen LogP contribution in [0.5, 0.6) is 0 Å². The molecule has 0 aliphatic carbocycles. The smallest absolute Gasteiger partial charge is 0.368 e. The van der Waals surface area contributed by atoms with Crippen LogP contribution in [0, 0.1) is 5.92 Å². The van der Waals surface area contributed by atoms with Crippen molar-refractivity contribution < 1.29 is 22.7 Å². The van der Waals surface area contributed by atoms with Gasteiger partial charge in [-0.05, 0) is 46.5 Å². The third kappa shape index (κ3) is 3.32. The maximum absolute atomic E-state index is 12.6. The van der Waals surface area contributed by atoms with Gasteiger partial charge in [0, 0.05) is 11.1 Å². The zero-order valence-corrected chi connectivity index (χ0v) is 12.2. The Morgan fingerprint density at radius 1 is 1.45 bits per heavy atom. The average molecular weight is 352 g/mol. The highest BCUT2D eigenvalue weighted by molar-refractivity contribution is 9.10. The number of anilines is 1. The average Bonchev–Trinajstić information content (AvgIpc) is 2.77. The summed E-state index contributed by atoms with van der Waals surface area (Å²) >= 11 is 3.13. The first-order valence-corrected chi connectivity index (χ1v) is 6.87. The van der Waals surface area contributed by atoms with Crippen LogP contribution < -0.4 is 5.32 Å². The van der Waals surface area contributed by atoms with E-state index in [0.717, 1.165) is 18.6 Å². The number of hydrogen-bond donors (Lipinski definition) is 1. The summed E-state index contributed by atoms with van der Waals surface area (Å²) < 4.78 is 43.6. The van der Waals surface area contributed by atoms with E-state index in [9.17, 15) is 18.0 Å². The van der Waals surface area contributed by atoms with E-state index in [1.165, 1.54) is 6.07 Å². The Balaban J connectivity index is 2.18. The second-order valence-corrected chi connectivity index (χ2v) is 5.59. The van der Waals surface area contributed by atoms with Gasteiger partial charge in [0.25, 0.3) is 5.91 Å². The summed E-state index contributed by atoms with van der Waals surface area (Å²) in [6, 6.07) is 3.12. The molecule has 110 valence electrons. The molecule has 2 unspecified atom stereocenters. The maximum atomic E-state index is 12.6. The fourth-order valence-corrected chi connectivity index (χ4v) is 2.38. The van der Waals surface area contributed by atoms with Gasteiger partial charge in [0.2, 0.25) is 0 Å². The molecule has 7 heteroatoms. The van der Waals surface area contributed by atoms with E-state index in [1.807, 2.05) is 6.92 Å². The Morgan fingerprint density at radius 2 is 2.15 bits per heavy atom. The number of alkyl halides is 3. The van der Waals surface area contributed by atoms with Crippen LogP contribution in [-0.4, -0.2) is 18.6 Å². The molecular formula is C13H13BrF3NO2. The SMILES string of the molecule is CC1CCOC1C(=O)Nc1cc(C(F)(F)F)ccc1Br. The van der Waals surface area contributed by atoms with Crippen LogP contribution in [0.25, 0.3) is 0 Å². The van der Waals surface area contributed by atoms with Crippen LogP contribution in [0.4, 0.5) is 18.9 Å². The van der Waals surface area contributed by atoms with Crippen LogP contribution in [0.3, 0.4) is 0 Å². The van der Waals surface area contributed by atoms with Gasteiger partial charge in [-0.3, -0.25) is 4.79 Å². The van der Waals surface area contributed by atoms with Crippen molar-refractivity contribution in [3.05, 3.63) is 28.2 Å². The normalized spacial score (nSPS) is 22.9. The van der Waals surface area contributed by atoms with E-state index < -0.39 is 23.8 Å². The number of nitrogens with one attached hydrogen (secondary N) is 1. The standard InChI is InChI=1S/C13H13BrF3NO2/c1-7-4-5-20-11(7)12(19)18-10-6-8(13(15,16)17)2-3-9(10)14/h2-3,6-7,11H,4-5H2,1H3,(H,18,19). The van der Waals surface area contributed by atoms with Crippen molar-refractivity contribution >= 4 is 27.5 Å². The van der Waals surface area contributed by atoms with Crippen molar-refractivity contribution in [1.29, 1.82) is 0 Å². The van der Waals surface area contributed by atoms with Crippen molar-refractivity contribution in [3.8, 4) is 0 Å². The molecular weight excluding hydrogens is 339 g/mol. The van der Waals surface area contributed by atoms with Crippen molar-refractivity contribution in [2.24, 2.45) is 5.92 Å². The third-order valence-corrected chi connectivity index (χ3v) is 3.89. The number of amides is 1. The van der Waals surface area contributed by atoms with Gasteiger partial charge in [-0.1, -0.05) is 6.92 Å². The Morgan fingerprint density at radius 3 is 2.70 bits per heavy atom. The first kappa shape index (κ1) is 15.3. The molecule has 1 aliphatic rings. The Hall–Kier alpha value is -1.08. The molecule has 1 aliphatic heterocycles. The number of carbonyl (C=O) groups excluding carboxylic acids is 1. The number of benzene rings is 1. The minimum atomic E-state index is -4.45. The molecule has 2 atom stereocenters. The number of rotatable bonds is 2. The molecule has 0 aromatic heterocycles. The highest BCUT2D eigenvalue weighted by atomic mass is 79.9. The molecule has 1 amide bonds. The summed E-state index contributed by atoms with van der Waals surface area (Å²) in [5.74, 6) is -0.366. The van der Waals surface area contributed by atoms with Gasteiger partial charge in [0.15, 0.2) is 0 Å². The topological polar surface area (TPSA) is 38.3 Å². The number of ether oxygens (including phenoxy) is 1. The molecule has 0 radical (unpaired) electrons. The second kappa shape index (κ2) is 5.73. The van der Waals surface area contributed by atoms with Gasteiger partial charge in [-0.15, -0.1) is 0 Å². The van der Waals surface area contributed by atoms with Crippen LogP contribution in [0.2, 0.25) is 0 Å². The molecule has 2 rings (SSSR count). The van der Waals surface area contributed by atoms with Gasteiger partial charge in [0.05, 0.1) is 11.3 Å². The molecule has 1 fully saturated rings. The number of halogens is 4. The molecule has 1 aromatic carbocycles. The molecule has 0 saturated carbocycles. The monoisotopic (exact) mass is 351 g/mol. The van der Waals surface area contributed by atoms with Gasteiger partial charge in [-0.2, -0.15) is 13.2 Å². The second-order valence-electron chi connectivity index (χ2n) is 4.74. The summed E-state index contributed by atoms with van der Waals surface area (Å²) in [6.07, 6.45) is -4.30. The molecule has 1 aromatic rings. The van der Waals surface area contributed by atoms with E-state index >= 15 is 0 Å². The van der Waals surface area contributed by atoms with E-state index in [2.05, 4.69) is 21.2 Å². The van der Waals surface area contributed by atoms with Gasteiger partial charge in [0.1, 0.15) is 6.10 Å². The molecule has 20 heavy (non-hydrogen) atoms. The lowest BCUT2D eigenvalue weighted by molar-refractivity contribution is -0.137. The van der Waals surface area contributed by atoms with Crippen LogP contribution >= 0.6 is 15.9 Å². The lowest BCUT2D eigenvalue weighted by atomic mass is 10.0. The van der Waals surface area contributed by atoms with Crippen LogP contribution in [0.1, 0.15) is 18.9 Å². The molecule has 1 N–H and O–H groups in total. The Bertz CT molecular complexity index is 519. The van der Waals surface area contributed by atoms with E-state index in [0.29, 0.717) is 11.1 Å². The van der Waals surface area contributed by atoms with Gasteiger partial charge < -0.3 is 10.1 Å². The fourth-order valence-electron chi connectivity index (χ4n) is 2.03. The quantitative estimate of drug-likeness (QED) is 0.879. The predicted octanol–water partition coefficient (Wildman–Crippen LogP) is 3.83. The van der Waals surface area contributed by atoms with Crippen molar-refractivity contribution in [3.63, 3.8) is 0 Å². The molecule has 1 heterocycles. The van der Waals surface area contributed by atoms with Gasteiger partial charge >= 0.3 is 6.18 Å². The first-order chi connectivity index (χ1) is 9.29. The minimum absolute atomic E-state index is 0.0552. The summed E-state index contributed by atoms with van der Waals surface area (Å²) in [6.45, 7) is 2.36. The van der Waals surface area contributed by atoms with Crippen molar-refractivity contribution in [2.45, 2.75) is 25.6 Å². The number of hydrogen-bond acceptors (Lipinski definition) is 2. The summed E-state index contributed by atoms with van der Waals surface area (Å²) in [7, 11) is 0. The molecule has 1 saturated heterocycles. The summed E-state index contributed by atoms with van der Waals surface area (Å²) in [4.78, 5) is 12.0. The van der Waals surface area contributed by atoms with E-state index in [1.54, 1.807) is 0 Å². The highest BCUT2D eigenvalue weighted by Crippen LogP contribution is 2.34. The summed E-state index contributed by atoms with van der Waals surface area (Å²) in [5, 5.41) is 2.48. The van der Waals surface area contributed by atoms with Crippen LogP contribution in [-0.2, 0) is 15.7 Å².